The smallest absolute Gasteiger partial charge is 0.337 e. The minimum absolute atomic E-state index is 0.0759. The Labute approximate surface area is 91.2 Å². The molecule has 0 aromatic rings. The van der Waals surface area contributed by atoms with E-state index >= 15 is 0 Å². The molecule has 0 aromatic heterocycles. The molecule has 0 amide bonds. The summed E-state index contributed by atoms with van der Waals surface area (Å²) in [6, 6.07) is 1.72. The van der Waals surface area contributed by atoms with Crippen LogP contribution in [0, 0.1) is 11.3 Å². The number of carbonyl (C=O) groups is 3. The Morgan fingerprint density at radius 1 is 1.44 bits per heavy atom. The summed E-state index contributed by atoms with van der Waals surface area (Å²) >= 11 is 0. The molecule has 0 saturated carbocycles. The number of aldehydes is 1. The standard InChI is InChI=1S/C9H11NO6/c10-3-1-5-16-9(2-4-11,8(14)15)6-7(12)13/h4H,1-2,5-6H2,(H,12,13)(H,14,15). The first-order valence-electron chi connectivity index (χ1n) is 4.38. The lowest BCUT2D eigenvalue weighted by atomic mass is 9.96. The van der Waals surface area contributed by atoms with Gasteiger partial charge in [0.2, 0.25) is 0 Å². The van der Waals surface area contributed by atoms with Gasteiger partial charge in [-0.2, -0.15) is 5.26 Å². The highest BCUT2D eigenvalue weighted by molar-refractivity contribution is 5.86. The molecule has 0 saturated heterocycles. The average molecular weight is 229 g/mol. The van der Waals surface area contributed by atoms with Crippen LogP contribution in [-0.2, 0) is 19.1 Å². The van der Waals surface area contributed by atoms with E-state index in [-0.39, 0.29) is 19.3 Å². The third-order valence-electron chi connectivity index (χ3n) is 1.83. The van der Waals surface area contributed by atoms with Gasteiger partial charge in [0.25, 0.3) is 0 Å². The number of carboxylic acid groups (broad SMARTS) is 2. The van der Waals surface area contributed by atoms with Gasteiger partial charge in [0.05, 0.1) is 25.5 Å². The van der Waals surface area contributed by atoms with E-state index in [0.29, 0.717) is 0 Å². The second-order valence-corrected chi connectivity index (χ2v) is 3.00. The molecule has 0 spiro atoms. The van der Waals surface area contributed by atoms with Gasteiger partial charge in [0.1, 0.15) is 6.29 Å². The van der Waals surface area contributed by atoms with Gasteiger partial charge < -0.3 is 19.7 Å². The Morgan fingerprint density at radius 2 is 2.06 bits per heavy atom. The van der Waals surface area contributed by atoms with Crippen molar-refractivity contribution in [1.29, 1.82) is 5.26 Å². The lowest BCUT2D eigenvalue weighted by Crippen LogP contribution is -2.44. The summed E-state index contributed by atoms with van der Waals surface area (Å²) in [4.78, 5) is 31.8. The lowest BCUT2D eigenvalue weighted by Gasteiger charge is -2.25. The third kappa shape index (κ3) is 4.06. The van der Waals surface area contributed by atoms with Crippen LogP contribution in [0.5, 0.6) is 0 Å². The summed E-state index contributed by atoms with van der Waals surface area (Å²) in [7, 11) is 0. The van der Waals surface area contributed by atoms with Gasteiger partial charge in [-0.3, -0.25) is 4.79 Å². The van der Waals surface area contributed by atoms with E-state index in [1.807, 2.05) is 0 Å². The molecule has 16 heavy (non-hydrogen) atoms. The number of carboxylic acids is 2. The minimum Gasteiger partial charge on any atom is -0.481 e. The monoisotopic (exact) mass is 229 g/mol. The Balaban J connectivity index is 4.79. The number of rotatable bonds is 8. The highest BCUT2D eigenvalue weighted by Crippen LogP contribution is 2.21. The molecule has 0 aliphatic heterocycles. The Morgan fingerprint density at radius 3 is 2.44 bits per heavy atom. The summed E-state index contributed by atoms with van der Waals surface area (Å²) in [5.74, 6) is -2.92. The molecular formula is C9H11NO6. The molecule has 0 heterocycles. The number of hydrogen-bond acceptors (Lipinski definition) is 5. The van der Waals surface area contributed by atoms with E-state index in [1.54, 1.807) is 6.07 Å². The zero-order valence-electron chi connectivity index (χ0n) is 8.38. The minimum atomic E-state index is -2.08. The summed E-state index contributed by atoms with van der Waals surface area (Å²) in [6.45, 7) is -0.232. The predicted molar refractivity (Wildman–Crippen MR) is 49.5 cm³/mol. The van der Waals surface area contributed by atoms with Gasteiger partial charge in [-0.15, -0.1) is 0 Å². The second-order valence-electron chi connectivity index (χ2n) is 3.00. The highest BCUT2D eigenvalue weighted by Gasteiger charge is 2.41. The van der Waals surface area contributed by atoms with Crippen molar-refractivity contribution in [3.63, 3.8) is 0 Å². The number of nitriles is 1. The fourth-order valence-electron chi connectivity index (χ4n) is 1.08. The second kappa shape index (κ2) is 6.53. The molecule has 0 fully saturated rings. The van der Waals surface area contributed by atoms with E-state index in [4.69, 9.17) is 20.2 Å². The molecular weight excluding hydrogens is 218 g/mol. The fourth-order valence-corrected chi connectivity index (χ4v) is 1.08. The molecule has 0 radical (unpaired) electrons. The largest absolute Gasteiger partial charge is 0.481 e. The van der Waals surface area contributed by atoms with E-state index in [0.717, 1.165) is 0 Å². The molecule has 7 heteroatoms. The van der Waals surface area contributed by atoms with Crippen molar-refractivity contribution < 1.29 is 29.3 Å². The predicted octanol–water partition coefficient (Wildman–Crippen LogP) is -0.196. The van der Waals surface area contributed by atoms with E-state index < -0.39 is 30.4 Å². The van der Waals surface area contributed by atoms with Crippen LogP contribution in [0.4, 0.5) is 0 Å². The summed E-state index contributed by atoms with van der Waals surface area (Å²) < 4.78 is 4.85. The fraction of sp³-hybridized carbons (Fsp3) is 0.556. The Bertz CT molecular complexity index is 320. The SMILES string of the molecule is N#CCCOC(CC=O)(CC(=O)O)C(=O)O. The quantitative estimate of drug-likeness (QED) is 0.436. The molecule has 0 bridgehead atoms. The van der Waals surface area contributed by atoms with Gasteiger partial charge >= 0.3 is 11.9 Å². The van der Waals surface area contributed by atoms with Crippen molar-refractivity contribution in [2.24, 2.45) is 0 Å². The number of carbonyl (C=O) groups excluding carboxylic acids is 1. The van der Waals surface area contributed by atoms with Gasteiger partial charge in [-0.05, 0) is 0 Å². The van der Waals surface area contributed by atoms with E-state index in [9.17, 15) is 14.4 Å². The van der Waals surface area contributed by atoms with Crippen LogP contribution in [0.3, 0.4) is 0 Å². The summed E-state index contributed by atoms with van der Waals surface area (Å²) in [6.07, 6.45) is -1.19. The van der Waals surface area contributed by atoms with Crippen molar-refractivity contribution in [3.8, 4) is 6.07 Å². The van der Waals surface area contributed by atoms with Crippen LogP contribution in [0.15, 0.2) is 0 Å². The van der Waals surface area contributed by atoms with Gasteiger partial charge in [0, 0.05) is 6.42 Å². The number of ether oxygens (including phenoxy) is 1. The van der Waals surface area contributed by atoms with Gasteiger partial charge in [0.15, 0.2) is 5.60 Å². The number of hydrogen-bond donors (Lipinski definition) is 2. The first kappa shape index (κ1) is 14.1. The Kier molecular flexibility index (Phi) is 5.74. The van der Waals surface area contributed by atoms with Crippen LogP contribution in [0.1, 0.15) is 19.3 Å². The maximum atomic E-state index is 10.9. The van der Waals surface area contributed by atoms with Crippen LogP contribution < -0.4 is 0 Å². The zero-order chi connectivity index (χ0) is 12.6. The molecule has 1 atom stereocenters. The molecule has 88 valence electrons. The van der Waals surface area contributed by atoms with Crippen molar-refractivity contribution >= 4 is 18.2 Å². The van der Waals surface area contributed by atoms with Crippen molar-refractivity contribution in [3.05, 3.63) is 0 Å². The first-order valence-corrected chi connectivity index (χ1v) is 4.38. The molecule has 1 unspecified atom stereocenters. The molecule has 7 nitrogen and oxygen atoms in total. The van der Waals surface area contributed by atoms with E-state index in [1.165, 1.54) is 0 Å². The van der Waals surface area contributed by atoms with Crippen LogP contribution >= 0.6 is 0 Å². The maximum absolute atomic E-state index is 10.9. The molecule has 0 aliphatic rings. The summed E-state index contributed by atoms with van der Waals surface area (Å²) in [5.41, 5.74) is -2.08. The van der Waals surface area contributed by atoms with Gasteiger partial charge in [-0.1, -0.05) is 0 Å². The van der Waals surface area contributed by atoms with Crippen LogP contribution in [0.2, 0.25) is 0 Å². The maximum Gasteiger partial charge on any atom is 0.337 e. The van der Waals surface area contributed by atoms with Crippen LogP contribution in [0.25, 0.3) is 0 Å². The van der Waals surface area contributed by atoms with Crippen LogP contribution in [-0.4, -0.2) is 40.6 Å². The zero-order valence-corrected chi connectivity index (χ0v) is 8.38. The molecule has 0 aromatic carbocycles. The highest BCUT2D eigenvalue weighted by atomic mass is 16.5. The molecule has 0 aliphatic carbocycles. The number of aliphatic carboxylic acids is 2. The molecule has 2 N–H and O–H groups in total. The van der Waals surface area contributed by atoms with Gasteiger partial charge in [-0.25, -0.2) is 4.79 Å². The van der Waals surface area contributed by atoms with Crippen molar-refractivity contribution in [2.45, 2.75) is 24.9 Å². The topological polar surface area (TPSA) is 125 Å². The van der Waals surface area contributed by atoms with Crippen molar-refractivity contribution in [2.75, 3.05) is 6.61 Å². The first-order chi connectivity index (χ1) is 7.48. The Hall–Kier alpha value is -1.94. The summed E-state index contributed by atoms with van der Waals surface area (Å²) in [5, 5.41) is 25.7. The average Bonchev–Trinajstić information content (AvgIpc) is 2.17. The normalized spacial score (nSPS) is 13.4. The molecule has 0 rings (SSSR count). The number of nitrogens with zero attached hydrogens (tertiary/aromatic N) is 1. The van der Waals surface area contributed by atoms with Crippen molar-refractivity contribution in [1.82, 2.24) is 0 Å². The lowest BCUT2D eigenvalue weighted by molar-refractivity contribution is -0.174. The third-order valence-corrected chi connectivity index (χ3v) is 1.83. The van der Waals surface area contributed by atoms with E-state index in [2.05, 4.69) is 0 Å².